The molecule has 5 nitrogen and oxygen atoms in total. The van der Waals surface area contributed by atoms with Crippen LogP contribution in [0.3, 0.4) is 0 Å². The molecule has 0 amide bonds. The van der Waals surface area contributed by atoms with E-state index in [-0.39, 0.29) is 0 Å². The Labute approximate surface area is 119 Å². The van der Waals surface area contributed by atoms with Gasteiger partial charge in [-0.1, -0.05) is 5.16 Å². The topological polar surface area (TPSA) is 52.3 Å². The monoisotopic (exact) mass is 298 g/mol. The smallest absolute Gasteiger partial charge is 0.392 e. The minimum absolute atomic E-state index is 0.504. The molecule has 2 aromatic rings. The molecule has 0 bridgehead atoms. The summed E-state index contributed by atoms with van der Waals surface area (Å²) in [6, 6.07) is 3.61. The predicted octanol–water partition coefficient (Wildman–Crippen LogP) is 2.88. The molecule has 21 heavy (non-hydrogen) atoms. The van der Waals surface area contributed by atoms with Crippen molar-refractivity contribution >= 4 is 6.21 Å². The molecule has 2 rings (SSSR count). The van der Waals surface area contributed by atoms with Crippen molar-refractivity contribution in [2.45, 2.75) is 19.5 Å². The molecule has 0 unspecified atom stereocenters. The fraction of sp³-hybridized carbons (Fsp3) is 0.308. The minimum atomic E-state index is -4.24. The van der Waals surface area contributed by atoms with E-state index in [1.807, 2.05) is 6.07 Å². The zero-order chi connectivity index (χ0) is 15.3. The summed E-state index contributed by atoms with van der Waals surface area (Å²) in [6.45, 7) is 1.26. The van der Waals surface area contributed by atoms with Crippen LogP contribution in [0.1, 0.15) is 17.7 Å². The van der Waals surface area contributed by atoms with Gasteiger partial charge in [-0.05, 0) is 19.1 Å². The fourth-order valence-electron chi connectivity index (χ4n) is 1.53. The molecular formula is C13H13F3N4O. The quantitative estimate of drug-likeness (QED) is 0.484. The van der Waals surface area contributed by atoms with Crippen LogP contribution in [-0.2, 0) is 4.84 Å². The maximum Gasteiger partial charge on any atom is 0.392 e. The first-order valence-electron chi connectivity index (χ1n) is 6.14. The van der Waals surface area contributed by atoms with Gasteiger partial charge in [0.15, 0.2) is 0 Å². The van der Waals surface area contributed by atoms with Gasteiger partial charge in [-0.3, -0.25) is 4.98 Å². The zero-order valence-electron chi connectivity index (χ0n) is 11.2. The fourth-order valence-corrected chi connectivity index (χ4v) is 1.53. The van der Waals surface area contributed by atoms with Crippen molar-refractivity contribution in [1.29, 1.82) is 0 Å². The van der Waals surface area contributed by atoms with Gasteiger partial charge < -0.3 is 4.84 Å². The van der Waals surface area contributed by atoms with E-state index in [1.165, 1.54) is 6.21 Å². The maximum atomic E-state index is 11.9. The van der Waals surface area contributed by atoms with Crippen LogP contribution < -0.4 is 0 Å². The number of halogens is 3. The molecule has 112 valence electrons. The number of oxime groups is 1. The SMILES string of the molecule is Cc1nn(-c2cccnc2)cc1/C=N/OCCC(F)(F)F. The predicted molar refractivity (Wildman–Crippen MR) is 70.3 cm³/mol. The van der Waals surface area contributed by atoms with Gasteiger partial charge in [-0.25, -0.2) is 4.68 Å². The van der Waals surface area contributed by atoms with Crippen molar-refractivity contribution in [3.8, 4) is 5.69 Å². The zero-order valence-corrected chi connectivity index (χ0v) is 11.2. The molecule has 0 saturated carbocycles. The molecule has 8 heteroatoms. The molecule has 0 aliphatic heterocycles. The molecule has 0 aromatic carbocycles. The Morgan fingerprint density at radius 1 is 1.43 bits per heavy atom. The molecule has 0 fully saturated rings. The number of aromatic nitrogens is 3. The lowest BCUT2D eigenvalue weighted by Gasteiger charge is -2.03. The van der Waals surface area contributed by atoms with E-state index >= 15 is 0 Å². The van der Waals surface area contributed by atoms with Gasteiger partial charge >= 0.3 is 6.18 Å². The maximum absolute atomic E-state index is 11.9. The molecule has 0 aliphatic rings. The minimum Gasteiger partial charge on any atom is -0.395 e. The third-order valence-electron chi connectivity index (χ3n) is 2.59. The highest BCUT2D eigenvalue weighted by atomic mass is 19.4. The summed E-state index contributed by atoms with van der Waals surface area (Å²) in [5.74, 6) is 0. The van der Waals surface area contributed by atoms with Crippen molar-refractivity contribution in [2.75, 3.05) is 6.61 Å². The van der Waals surface area contributed by atoms with Gasteiger partial charge in [0.05, 0.1) is 30.2 Å². The Hall–Kier alpha value is -2.38. The van der Waals surface area contributed by atoms with Crippen LogP contribution in [0.2, 0.25) is 0 Å². The first-order valence-corrected chi connectivity index (χ1v) is 6.14. The summed E-state index contributed by atoms with van der Waals surface area (Å²) in [7, 11) is 0. The van der Waals surface area contributed by atoms with Gasteiger partial charge in [0.1, 0.15) is 6.61 Å². The van der Waals surface area contributed by atoms with E-state index < -0.39 is 19.2 Å². The number of alkyl halides is 3. The largest absolute Gasteiger partial charge is 0.395 e. The molecule has 0 spiro atoms. The molecular weight excluding hydrogens is 285 g/mol. The van der Waals surface area contributed by atoms with E-state index in [9.17, 15) is 13.2 Å². The molecule has 2 heterocycles. The molecule has 0 atom stereocenters. The summed E-state index contributed by atoms with van der Waals surface area (Å²) in [5.41, 5.74) is 2.12. The van der Waals surface area contributed by atoms with Gasteiger partial charge in [-0.2, -0.15) is 18.3 Å². The van der Waals surface area contributed by atoms with Crippen LogP contribution in [0.5, 0.6) is 0 Å². The highest BCUT2D eigenvalue weighted by Crippen LogP contribution is 2.19. The number of rotatable bonds is 5. The summed E-state index contributed by atoms with van der Waals surface area (Å²) >= 11 is 0. The normalized spacial score (nSPS) is 12.0. The van der Waals surface area contributed by atoms with Gasteiger partial charge in [0.25, 0.3) is 0 Å². The third kappa shape index (κ3) is 4.59. The van der Waals surface area contributed by atoms with E-state index in [0.29, 0.717) is 11.3 Å². The highest BCUT2D eigenvalue weighted by Gasteiger charge is 2.26. The van der Waals surface area contributed by atoms with Crippen LogP contribution in [0.25, 0.3) is 5.69 Å². The van der Waals surface area contributed by atoms with Crippen molar-refractivity contribution in [3.05, 3.63) is 42.0 Å². The van der Waals surface area contributed by atoms with Crippen LogP contribution in [0.15, 0.2) is 35.9 Å². The number of nitrogens with zero attached hydrogens (tertiary/aromatic N) is 4. The lowest BCUT2D eigenvalue weighted by Crippen LogP contribution is -2.10. The van der Waals surface area contributed by atoms with Crippen molar-refractivity contribution in [3.63, 3.8) is 0 Å². The standard InChI is InChI=1S/C13H13F3N4O/c1-10-11(7-18-21-6-4-13(14,15)16)9-20(19-10)12-3-2-5-17-8-12/h2-3,5,7-9H,4,6H2,1H3/b18-7+. The summed E-state index contributed by atoms with van der Waals surface area (Å²) in [6.07, 6.45) is 1.06. The number of pyridine rings is 1. The second-order valence-corrected chi connectivity index (χ2v) is 4.26. The second kappa shape index (κ2) is 6.38. The summed E-state index contributed by atoms with van der Waals surface area (Å²) in [5, 5.41) is 7.79. The Kier molecular flexibility index (Phi) is 4.56. The van der Waals surface area contributed by atoms with Crippen LogP contribution in [0.4, 0.5) is 13.2 Å². The first kappa shape index (κ1) is 15.0. The van der Waals surface area contributed by atoms with Gasteiger partial charge in [0.2, 0.25) is 0 Å². The van der Waals surface area contributed by atoms with Crippen LogP contribution >= 0.6 is 0 Å². The lowest BCUT2D eigenvalue weighted by molar-refractivity contribution is -0.145. The van der Waals surface area contributed by atoms with Crippen molar-refractivity contribution in [2.24, 2.45) is 5.16 Å². The van der Waals surface area contributed by atoms with E-state index in [1.54, 1.807) is 36.3 Å². The summed E-state index contributed by atoms with van der Waals surface area (Å²) in [4.78, 5) is 8.57. The molecule has 0 radical (unpaired) electrons. The number of aryl methyl sites for hydroxylation is 1. The van der Waals surface area contributed by atoms with Gasteiger partial charge in [-0.15, -0.1) is 0 Å². The van der Waals surface area contributed by atoms with Crippen LogP contribution in [0, 0.1) is 6.92 Å². The van der Waals surface area contributed by atoms with Crippen molar-refractivity contribution in [1.82, 2.24) is 14.8 Å². The molecule has 2 aromatic heterocycles. The molecule has 0 aliphatic carbocycles. The Morgan fingerprint density at radius 3 is 2.90 bits per heavy atom. The van der Waals surface area contributed by atoms with Gasteiger partial charge in [0, 0.05) is 18.0 Å². The average molecular weight is 298 g/mol. The Morgan fingerprint density at radius 2 is 2.24 bits per heavy atom. The molecule has 0 saturated heterocycles. The first-order chi connectivity index (χ1) is 9.96. The van der Waals surface area contributed by atoms with Crippen LogP contribution in [-0.4, -0.2) is 33.8 Å². The summed E-state index contributed by atoms with van der Waals surface area (Å²) < 4.78 is 37.3. The van der Waals surface area contributed by atoms with Crippen molar-refractivity contribution < 1.29 is 18.0 Å². The lowest BCUT2D eigenvalue weighted by atomic mass is 10.3. The highest BCUT2D eigenvalue weighted by molar-refractivity contribution is 5.80. The van der Waals surface area contributed by atoms with E-state index in [4.69, 9.17) is 0 Å². The van der Waals surface area contributed by atoms with E-state index in [2.05, 4.69) is 20.1 Å². The average Bonchev–Trinajstić information content (AvgIpc) is 2.80. The third-order valence-corrected chi connectivity index (χ3v) is 2.59. The number of hydrogen-bond donors (Lipinski definition) is 0. The second-order valence-electron chi connectivity index (χ2n) is 4.26. The Balaban J connectivity index is 1.97. The van der Waals surface area contributed by atoms with E-state index in [0.717, 1.165) is 5.69 Å². The number of hydrogen-bond acceptors (Lipinski definition) is 4. The molecule has 0 N–H and O–H groups in total. The Bertz CT molecular complexity index is 608.